The molecule has 1 fully saturated rings. The first-order valence-electron chi connectivity index (χ1n) is 12.7. The number of amides is 1. The van der Waals surface area contributed by atoms with E-state index in [1.807, 2.05) is 13.0 Å². The highest BCUT2D eigenvalue weighted by atomic mass is 32.2. The van der Waals surface area contributed by atoms with E-state index in [9.17, 15) is 18.5 Å². The minimum absolute atomic E-state index is 0.0747. The molecule has 6 rings (SSSR count). The molecule has 11 heteroatoms. The van der Waals surface area contributed by atoms with Crippen molar-refractivity contribution >= 4 is 50.4 Å². The summed E-state index contributed by atoms with van der Waals surface area (Å²) in [5.41, 5.74) is 3.56. The smallest absolute Gasteiger partial charge is 0.254 e. The Morgan fingerprint density at radius 1 is 1.13 bits per heavy atom. The number of nitrogens with one attached hydrogen (secondary N) is 2. The standard InChI is InChI=1S/C27H27N7O3S/c1-17-26(35)34(22-9-5-6-18(12-22)14-28)24-15-29-27(31-25(24)33(17)21-7-3-2-4-8-21)30-20-10-11-23-19(13-20)16-38(36,37)32-23/h5-6,9-13,15,17,21,32H,2-4,7-8,16H2,1H3,(H,29,30,31)/t17-/m1/s1. The molecular formula is C27H27N7O3S. The zero-order chi connectivity index (χ0) is 26.4. The molecule has 2 aliphatic heterocycles. The lowest BCUT2D eigenvalue weighted by Crippen LogP contribution is -2.55. The van der Waals surface area contributed by atoms with Gasteiger partial charge < -0.3 is 10.2 Å². The van der Waals surface area contributed by atoms with E-state index in [1.165, 1.54) is 6.42 Å². The minimum Gasteiger partial charge on any atom is -0.340 e. The van der Waals surface area contributed by atoms with E-state index in [0.29, 0.717) is 45.6 Å². The lowest BCUT2D eigenvalue weighted by Gasteiger charge is -2.45. The highest BCUT2D eigenvalue weighted by Gasteiger charge is 2.41. The van der Waals surface area contributed by atoms with Crippen LogP contribution < -0.4 is 19.8 Å². The van der Waals surface area contributed by atoms with Crippen LogP contribution in [-0.4, -0.2) is 36.4 Å². The van der Waals surface area contributed by atoms with E-state index >= 15 is 0 Å². The second kappa shape index (κ2) is 9.29. The van der Waals surface area contributed by atoms with Crippen molar-refractivity contribution in [2.45, 2.75) is 56.9 Å². The summed E-state index contributed by atoms with van der Waals surface area (Å²) >= 11 is 0. The number of sulfonamides is 1. The predicted molar refractivity (Wildman–Crippen MR) is 145 cm³/mol. The third-order valence-electron chi connectivity index (χ3n) is 7.40. The van der Waals surface area contributed by atoms with Crippen LogP contribution in [0.1, 0.15) is 50.2 Å². The molecule has 10 nitrogen and oxygen atoms in total. The Bertz CT molecular complexity index is 1580. The molecule has 3 heterocycles. The molecule has 3 aromatic rings. The third-order valence-corrected chi connectivity index (χ3v) is 8.63. The maximum atomic E-state index is 13.8. The number of rotatable bonds is 4. The van der Waals surface area contributed by atoms with Crippen molar-refractivity contribution in [3.63, 3.8) is 0 Å². The summed E-state index contributed by atoms with van der Waals surface area (Å²) in [6.07, 6.45) is 7.01. The molecule has 194 valence electrons. The van der Waals surface area contributed by atoms with Gasteiger partial charge in [0.1, 0.15) is 11.7 Å². The number of benzene rings is 2. The van der Waals surface area contributed by atoms with Crippen LogP contribution in [-0.2, 0) is 20.6 Å². The number of hydrogen-bond acceptors (Lipinski definition) is 8. The van der Waals surface area contributed by atoms with Crippen molar-refractivity contribution in [3.8, 4) is 6.07 Å². The fourth-order valence-electron chi connectivity index (χ4n) is 5.64. The summed E-state index contributed by atoms with van der Waals surface area (Å²) in [7, 11) is -3.35. The Labute approximate surface area is 221 Å². The fraction of sp³-hybridized carbons (Fsp3) is 0.333. The van der Waals surface area contributed by atoms with E-state index in [-0.39, 0.29) is 17.7 Å². The summed E-state index contributed by atoms with van der Waals surface area (Å²) in [4.78, 5) is 26.9. The quantitative estimate of drug-likeness (QED) is 0.503. The molecular weight excluding hydrogens is 502 g/mol. The molecule has 0 spiro atoms. The molecule has 1 aromatic heterocycles. The van der Waals surface area contributed by atoms with Crippen molar-refractivity contribution in [3.05, 3.63) is 59.8 Å². The number of nitrogens with zero attached hydrogens (tertiary/aromatic N) is 5. The van der Waals surface area contributed by atoms with E-state index in [1.54, 1.807) is 47.5 Å². The number of anilines is 6. The lowest BCUT2D eigenvalue weighted by molar-refractivity contribution is -0.119. The highest BCUT2D eigenvalue weighted by Crippen LogP contribution is 2.42. The van der Waals surface area contributed by atoms with Crippen LogP contribution in [0.4, 0.5) is 34.5 Å². The normalized spacial score (nSPS) is 20.3. The molecule has 38 heavy (non-hydrogen) atoms. The second-order valence-electron chi connectivity index (χ2n) is 9.97. The summed E-state index contributed by atoms with van der Waals surface area (Å²) in [6.45, 7) is 1.91. The van der Waals surface area contributed by atoms with Crippen LogP contribution in [0.25, 0.3) is 0 Å². The summed E-state index contributed by atoms with van der Waals surface area (Å²) in [5, 5.41) is 12.6. The van der Waals surface area contributed by atoms with Crippen LogP contribution >= 0.6 is 0 Å². The molecule has 2 aromatic carbocycles. The Hall–Kier alpha value is -4.17. The topological polar surface area (TPSA) is 131 Å². The number of carbonyl (C=O) groups excluding carboxylic acids is 1. The van der Waals surface area contributed by atoms with Gasteiger partial charge in [-0.2, -0.15) is 10.2 Å². The summed E-state index contributed by atoms with van der Waals surface area (Å²) in [6, 6.07) is 14.1. The van der Waals surface area contributed by atoms with Gasteiger partial charge in [-0.15, -0.1) is 0 Å². The highest BCUT2D eigenvalue weighted by molar-refractivity contribution is 7.92. The van der Waals surface area contributed by atoms with Gasteiger partial charge >= 0.3 is 0 Å². The van der Waals surface area contributed by atoms with Crippen LogP contribution in [0, 0.1) is 11.3 Å². The Balaban J connectivity index is 1.41. The fourth-order valence-corrected chi connectivity index (χ4v) is 6.89. The van der Waals surface area contributed by atoms with Crippen LogP contribution in [0.2, 0.25) is 0 Å². The van der Waals surface area contributed by atoms with Gasteiger partial charge in [0.2, 0.25) is 16.0 Å². The van der Waals surface area contributed by atoms with Gasteiger partial charge in [-0.1, -0.05) is 25.3 Å². The van der Waals surface area contributed by atoms with Gasteiger partial charge in [0.25, 0.3) is 5.91 Å². The first-order valence-corrected chi connectivity index (χ1v) is 14.4. The average Bonchev–Trinajstić information content (AvgIpc) is 3.23. The van der Waals surface area contributed by atoms with Gasteiger partial charge in [-0.05, 0) is 61.7 Å². The molecule has 0 radical (unpaired) electrons. The molecule has 0 bridgehead atoms. The van der Waals surface area contributed by atoms with E-state index in [2.05, 4.69) is 26.0 Å². The minimum atomic E-state index is -3.35. The monoisotopic (exact) mass is 529 g/mol. The molecule has 3 aliphatic rings. The molecule has 1 aliphatic carbocycles. The van der Waals surface area contributed by atoms with Crippen LogP contribution in [0.15, 0.2) is 48.7 Å². The molecule has 1 saturated carbocycles. The number of carbonyl (C=O) groups is 1. The zero-order valence-electron chi connectivity index (χ0n) is 20.9. The largest absolute Gasteiger partial charge is 0.340 e. The average molecular weight is 530 g/mol. The summed E-state index contributed by atoms with van der Waals surface area (Å²) in [5.74, 6) is 0.851. The van der Waals surface area contributed by atoms with Gasteiger partial charge in [-0.3, -0.25) is 14.4 Å². The molecule has 0 unspecified atom stereocenters. The van der Waals surface area contributed by atoms with Crippen LogP contribution in [0.3, 0.4) is 0 Å². The number of hydrogen-bond donors (Lipinski definition) is 2. The summed E-state index contributed by atoms with van der Waals surface area (Å²) < 4.78 is 26.4. The van der Waals surface area contributed by atoms with Gasteiger partial charge in [0.05, 0.1) is 35.0 Å². The van der Waals surface area contributed by atoms with Crippen LogP contribution in [0.5, 0.6) is 0 Å². The lowest BCUT2D eigenvalue weighted by atomic mass is 9.92. The van der Waals surface area contributed by atoms with Gasteiger partial charge in [-0.25, -0.2) is 13.4 Å². The first kappa shape index (κ1) is 24.2. The van der Waals surface area contributed by atoms with E-state index in [4.69, 9.17) is 4.98 Å². The van der Waals surface area contributed by atoms with E-state index in [0.717, 1.165) is 25.7 Å². The SMILES string of the molecule is C[C@@H]1C(=O)N(c2cccc(C#N)c2)c2cnc(Nc3ccc4c(c3)CS(=O)(=O)N4)nc2N1C1CCCCC1. The third kappa shape index (κ3) is 4.31. The van der Waals surface area contributed by atoms with E-state index < -0.39 is 16.1 Å². The first-order chi connectivity index (χ1) is 18.3. The molecule has 0 saturated heterocycles. The number of aromatic nitrogens is 2. The number of fused-ring (bicyclic) bond motifs is 2. The zero-order valence-corrected chi connectivity index (χ0v) is 21.7. The maximum absolute atomic E-state index is 13.8. The molecule has 2 N–H and O–H groups in total. The van der Waals surface area contributed by atoms with Crippen molar-refractivity contribution in [2.24, 2.45) is 0 Å². The Kier molecular flexibility index (Phi) is 5.91. The maximum Gasteiger partial charge on any atom is 0.254 e. The Morgan fingerprint density at radius 3 is 2.74 bits per heavy atom. The number of nitriles is 1. The van der Waals surface area contributed by atoms with Gasteiger partial charge in [0.15, 0.2) is 5.82 Å². The molecule has 1 amide bonds. The Morgan fingerprint density at radius 2 is 1.95 bits per heavy atom. The van der Waals surface area contributed by atoms with Crippen molar-refractivity contribution in [1.29, 1.82) is 5.26 Å². The predicted octanol–water partition coefficient (Wildman–Crippen LogP) is 4.55. The van der Waals surface area contributed by atoms with Gasteiger partial charge in [0, 0.05) is 11.7 Å². The second-order valence-corrected chi connectivity index (χ2v) is 11.7. The van der Waals surface area contributed by atoms with Crippen molar-refractivity contribution in [1.82, 2.24) is 9.97 Å². The molecule has 1 atom stereocenters. The van der Waals surface area contributed by atoms with Crippen molar-refractivity contribution in [2.75, 3.05) is 19.8 Å². The van der Waals surface area contributed by atoms with Crippen molar-refractivity contribution < 1.29 is 13.2 Å².